The van der Waals surface area contributed by atoms with Gasteiger partial charge in [-0.2, -0.15) is 5.26 Å². The first kappa shape index (κ1) is 20.7. The molecule has 2 rings (SSSR count). The number of nitrogens with one attached hydrogen (secondary N) is 1. The van der Waals surface area contributed by atoms with E-state index in [2.05, 4.69) is 34.2 Å². The highest BCUT2D eigenvalue weighted by Crippen LogP contribution is 2.27. The molecule has 1 aliphatic rings. The number of nitriles is 1. The van der Waals surface area contributed by atoms with Crippen LogP contribution in [0.1, 0.15) is 39.3 Å². The van der Waals surface area contributed by atoms with E-state index in [4.69, 9.17) is 11.6 Å². The van der Waals surface area contributed by atoms with E-state index in [1.54, 1.807) is 6.92 Å². The minimum atomic E-state index is -0.822. The van der Waals surface area contributed by atoms with Gasteiger partial charge in [0, 0.05) is 37.2 Å². The summed E-state index contributed by atoms with van der Waals surface area (Å²) in [5.41, 5.74) is 0.319. The minimum Gasteiger partial charge on any atom is -0.337 e. The van der Waals surface area contributed by atoms with Gasteiger partial charge in [0.25, 0.3) is 0 Å². The van der Waals surface area contributed by atoms with Gasteiger partial charge in [0.15, 0.2) is 0 Å². The van der Waals surface area contributed by atoms with Crippen molar-refractivity contribution >= 4 is 17.5 Å². The van der Waals surface area contributed by atoms with Crippen molar-refractivity contribution in [3.05, 3.63) is 34.9 Å². The molecule has 6 heteroatoms. The molecule has 0 spiro atoms. The summed E-state index contributed by atoms with van der Waals surface area (Å²) >= 11 is 6.32. The number of nitrogens with zero attached hydrogens (tertiary/aromatic N) is 3. The maximum absolute atomic E-state index is 12.3. The van der Waals surface area contributed by atoms with Crippen LogP contribution in [0.2, 0.25) is 5.02 Å². The van der Waals surface area contributed by atoms with Crippen molar-refractivity contribution in [2.45, 2.75) is 39.3 Å². The van der Waals surface area contributed by atoms with Gasteiger partial charge in [0.05, 0.1) is 12.6 Å². The molecule has 0 radical (unpaired) electrons. The van der Waals surface area contributed by atoms with E-state index >= 15 is 0 Å². The van der Waals surface area contributed by atoms with E-state index in [1.807, 2.05) is 32.0 Å². The van der Waals surface area contributed by atoms with Gasteiger partial charge in [0.2, 0.25) is 5.91 Å². The van der Waals surface area contributed by atoms with E-state index < -0.39 is 5.54 Å². The van der Waals surface area contributed by atoms with Crippen molar-refractivity contribution in [3.63, 3.8) is 0 Å². The Kier molecular flexibility index (Phi) is 7.05. The Balaban J connectivity index is 1.86. The first-order valence-electron chi connectivity index (χ1n) is 9.20. The molecule has 2 unspecified atom stereocenters. The predicted octanol–water partition coefficient (Wildman–Crippen LogP) is 3.07. The van der Waals surface area contributed by atoms with Crippen molar-refractivity contribution in [2.75, 3.05) is 32.7 Å². The number of piperazine rings is 1. The third kappa shape index (κ3) is 4.97. The second kappa shape index (κ2) is 8.85. The van der Waals surface area contributed by atoms with Gasteiger partial charge in [-0.3, -0.25) is 14.6 Å². The highest BCUT2D eigenvalue weighted by molar-refractivity contribution is 6.31. The number of halogens is 1. The Labute approximate surface area is 161 Å². The van der Waals surface area contributed by atoms with Crippen LogP contribution < -0.4 is 5.32 Å². The van der Waals surface area contributed by atoms with E-state index in [1.165, 1.54) is 0 Å². The molecule has 1 N–H and O–H groups in total. The van der Waals surface area contributed by atoms with Crippen LogP contribution in [0.25, 0.3) is 0 Å². The predicted molar refractivity (Wildman–Crippen MR) is 105 cm³/mol. The average molecular weight is 377 g/mol. The molecule has 1 aromatic carbocycles. The molecule has 1 heterocycles. The Morgan fingerprint density at radius 1 is 1.27 bits per heavy atom. The fourth-order valence-electron chi connectivity index (χ4n) is 3.15. The highest BCUT2D eigenvalue weighted by Gasteiger charge is 2.31. The third-order valence-electron chi connectivity index (χ3n) is 5.46. The highest BCUT2D eigenvalue weighted by atomic mass is 35.5. The van der Waals surface area contributed by atoms with E-state index in [0.717, 1.165) is 36.8 Å². The summed E-state index contributed by atoms with van der Waals surface area (Å²) in [4.78, 5) is 16.9. The van der Waals surface area contributed by atoms with Gasteiger partial charge < -0.3 is 5.32 Å². The molecule has 1 amide bonds. The SMILES string of the molecule is CC(c1ccccc1Cl)N1CCN(CC(=O)NC(C)(C#N)C(C)C)CC1. The zero-order chi connectivity index (χ0) is 19.3. The Hall–Kier alpha value is -1.61. The maximum Gasteiger partial charge on any atom is 0.235 e. The van der Waals surface area contributed by atoms with Crippen LogP contribution in [0.5, 0.6) is 0 Å². The van der Waals surface area contributed by atoms with E-state index in [9.17, 15) is 10.1 Å². The molecule has 2 atom stereocenters. The molecule has 0 aromatic heterocycles. The second-order valence-corrected chi connectivity index (χ2v) is 7.93. The van der Waals surface area contributed by atoms with Crippen LogP contribution >= 0.6 is 11.6 Å². The Morgan fingerprint density at radius 3 is 2.42 bits per heavy atom. The summed E-state index contributed by atoms with van der Waals surface area (Å²) in [5, 5.41) is 13.0. The van der Waals surface area contributed by atoms with Crippen LogP contribution in [0, 0.1) is 17.2 Å². The molecular weight excluding hydrogens is 348 g/mol. The minimum absolute atomic E-state index is 0.0600. The lowest BCUT2D eigenvalue weighted by Crippen LogP contribution is -2.54. The first-order chi connectivity index (χ1) is 12.3. The van der Waals surface area contributed by atoms with E-state index in [0.29, 0.717) is 6.54 Å². The van der Waals surface area contributed by atoms with Crippen molar-refractivity contribution < 1.29 is 4.79 Å². The third-order valence-corrected chi connectivity index (χ3v) is 5.81. The van der Waals surface area contributed by atoms with Crippen molar-refractivity contribution in [1.82, 2.24) is 15.1 Å². The monoisotopic (exact) mass is 376 g/mol. The number of hydrogen-bond acceptors (Lipinski definition) is 4. The number of carbonyl (C=O) groups excluding carboxylic acids is 1. The normalized spacial score (nSPS) is 19.6. The topological polar surface area (TPSA) is 59.4 Å². The number of rotatable bonds is 6. The molecule has 142 valence electrons. The fraction of sp³-hybridized carbons (Fsp3) is 0.600. The molecule has 1 aromatic rings. The number of amides is 1. The molecule has 0 bridgehead atoms. The molecule has 5 nitrogen and oxygen atoms in total. The quantitative estimate of drug-likeness (QED) is 0.828. The van der Waals surface area contributed by atoms with Gasteiger partial charge in [-0.1, -0.05) is 43.6 Å². The molecule has 1 aliphatic heterocycles. The molecule has 26 heavy (non-hydrogen) atoms. The van der Waals surface area contributed by atoms with Crippen molar-refractivity contribution in [3.8, 4) is 6.07 Å². The number of hydrogen-bond donors (Lipinski definition) is 1. The Bertz CT molecular complexity index is 664. The van der Waals surface area contributed by atoms with Crippen LogP contribution in [0.4, 0.5) is 0 Å². The number of benzene rings is 1. The van der Waals surface area contributed by atoms with Gasteiger partial charge in [-0.25, -0.2) is 0 Å². The zero-order valence-electron chi connectivity index (χ0n) is 16.1. The summed E-state index contributed by atoms with van der Waals surface area (Å²) in [7, 11) is 0. The largest absolute Gasteiger partial charge is 0.337 e. The van der Waals surface area contributed by atoms with E-state index in [-0.39, 0.29) is 17.9 Å². The van der Waals surface area contributed by atoms with Gasteiger partial charge in [-0.15, -0.1) is 0 Å². The summed E-state index contributed by atoms with van der Waals surface area (Å²) in [6.45, 7) is 11.6. The van der Waals surface area contributed by atoms with Gasteiger partial charge >= 0.3 is 0 Å². The molecule has 1 fully saturated rings. The summed E-state index contributed by atoms with van der Waals surface area (Å²) < 4.78 is 0. The van der Waals surface area contributed by atoms with Gasteiger partial charge in [0.1, 0.15) is 5.54 Å². The average Bonchev–Trinajstić information content (AvgIpc) is 2.61. The molecule has 0 aliphatic carbocycles. The summed E-state index contributed by atoms with van der Waals surface area (Å²) in [6.07, 6.45) is 0. The number of carbonyl (C=O) groups is 1. The maximum atomic E-state index is 12.3. The fourth-order valence-corrected chi connectivity index (χ4v) is 3.45. The van der Waals surface area contributed by atoms with Crippen LogP contribution in [0.3, 0.4) is 0 Å². The van der Waals surface area contributed by atoms with Crippen LogP contribution in [-0.4, -0.2) is 54.0 Å². The molecule has 0 saturated carbocycles. The van der Waals surface area contributed by atoms with Gasteiger partial charge in [-0.05, 0) is 31.4 Å². The lowest BCUT2D eigenvalue weighted by atomic mass is 9.90. The molecule has 1 saturated heterocycles. The van der Waals surface area contributed by atoms with Crippen molar-refractivity contribution in [2.24, 2.45) is 5.92 Å². The lowest BCUT2D eigenvalue weighted by molar-refractivity contribution is -0.124. The molecular formula is C20H29ClN4O. The Morgan fingerprint density at radius 2 is 1.88 bits per heavy atom. The lowest BCUT2D eigenvalue weighted by Gasteiger charge is -2.38. The van der Waals surface area contributed by atoms with Crippen LogP contribution in [-0.2, 0) is 4.79 Å². The zero-order valence-corrected chi connectivity index (χ0v) is 16.9. The smallest absolute Gasteiger partial charge is 0.235 e. The van der Waals surface area contributed by atoms with Crippen molar-refractivity contribution in [1.29, 1.82) is 5.26 Å². The summed E-state index contributed by atoms with van der Waals surface area (Å²) in [6, 6.07) is 10.4. The second-order valence-electron chi connectivity index (χ2n) is 7.53. The van der Waals surface area contributed by atoms with Crippen LogP contribution in [0.15, 0.2) is 24.3 Å². The standard InChI is InChI=1S/C20H29ClN4O/c1-15(2)20(4,14-22)23-19(26)13-24-9-11-25(12-10-24)16(3)17-7-5-6-8-18(17)21/h5-8,15-16H,9-13H2,1-4H3,(H,23,26). The summed E-state index contributed by atoms with van der Waals surface area (Å²) in [5.74, 6) is -0.0277. The first-order valence-corrected chi connectivity index (χ1v) is 9.57.